The van der Waals surface area contributed by atoms with Crippen LogP contribution in [0.2, 0.25) is 0 Å². The first-order chi connectivity index (χ1) is 19.0. The molecule has 39 heavy (non-hydrogen) atoms. The van der Waals surface area contributed by atoms with Crippen molar-refractivity contribution >= 4 is 16.8 Å². The molecule has 1 saturated carbocycles. The van der Waals surface area contributed by atoms with E-state index < -0.39 is 11.6 Å². The van der Waals surface area contributed by atoms with E-state index in [1.54, 1.807) is 25.4 Å². The van der Waals surface area contributed by atoms with Gasteiger partial charge in [0, 0.05) is 44.7 Å². The summed E-state index contributed by atoms with van der Waals surface area (Å²) in [6, 6.07) is 6.64. The molecular weight excluding hydrogens is 502 g/mol. The van der Waals surface area contributed by atoms with Crippen LogP contribution in [0.5, 0.6) is 11.5 Å². The quantitative estimate of drug-likeness (QED) is 0.353. The van der Waals surface area contributed by atoms with E-state index in [1.165, 1.54) is 38.2 Å². The second kappa shape index (κ2) is 12.9. The zero-order valence-corrected chi connectivity index (χ0v) is 22.6. The van der Waals surface area contributed by atoms with Gasteiger partial charge in [0.1, 0.15) is 11.6 Å². The number of nitrogens with zero attached hydrogens (tertiary/aromatic N) is 3. The van der Waals surface area contributed by atoms with Crippen LogP contribution in [0.3, 0.4) is 0 Å². The number of nitrogens with one attached hydrogen (secondary N) is 1. The van der Waals surface area contributed by atoms with Crippen LogP contribution in [0.15, 0.2) is 36.5 Å². The average molecular weight is 541 g/mol. The van der Waals surface area contributed by atoms with Gasteiger partial charge in [-0.15, -0.1) is 0 Å². The van der Waals surface area contributed by atoms with Crippen molar-refractivity contribution in [2.24, 2.45) is 11.8 Å². The number of aromatic nitrogens is 2. The van der Waals surface area contributed by atoms with Crippen molar-refractivity contribution in [1.29, 1.82) is 0 Å². The Morgan fingerprint density at radius 3 is 2.67 bits per heavy atom. The highest BCUT2D eigenvalue weighted by molar-refractivity contribution is 6.01. The molecule has 7 nitrogen and oxygen atoms in total. The Morgan fingerprint density at radius 1 is 1.05 bits per heavy atom. The number of carbonyl (C=O) groups excluding carboxylic acids is 1. The van der Waals surface area contributed by atoms with Gasteiger partial charge in [0.15, 0.2) is 11.6 Å². The van der Waals surface area contributed by atoms with Crippen LogP contribution in [0.1, 0.15) is 55.3 Å². The van der Waals surface area contributed by atoms with Crippen molar-refractivity contribution in [3.05, 3.63) is 53.7 Å². The summed E-state index contributed by atoms with van der Waals surface area (Å²) in [4.78, 5) is 15.8. The first kappa shape index (κ1) is 27.5. The van der Waals surface area contributed by atoms with E-state index >= 15 is 0 Å². The Kier molecular flexibility index (Phi) is 9.09. The van der Waals surface area contributed by atoms with Crippen molar-refractivity contribution in [3.8, 4) is 11.5 Å². The zero-order valence-electron chi connectivity index (χ0n) is 22.6. The fraction of sp³-hybridized carbons (Fsp3) is 0.533. The van der Waals surface area contributed by atoms with E-state index in [1.807, 2.05) is 4.68 Å². The van der Waals surface area contributed by atoms with Crippen LogP contribution >= 0.6 is 0 Å². The second-order valence-electron chi connectivity index (χ2n) is 10.9. The minimum atomic E-state index is -0.829. The Labute approximate surface area is 228 Å². The highest BCUT2D eigenvalue weighted by Gasteiger charge is 2.22. The number of likely N-dealkylation sites (tertiary alicyclic amines) is 1. The van der Waals surface area contributed by atoms with Crippen LogP contribution in [0, 0.1) is 23.5 Å². The maximum absolute atomic E-state index is 14.4. The molecule has 5 rings (SSSR count). The minimum absolute atomic E-state index is 0.142. The number of piperidine rings is 1. The van der Waals surface area contributed by atoms with Crippen LogP contribution in [-0.4, -0.2) is 60.5 Å². The summed E-state index contributed by atoms with van der Waals surface area (Å²) in [6.07, 6.45) is 10.1. The normalized spacial score (nSPS) is 18.9. The summed E-state index contributed by atoms with van der Waals surface area (Å²) in [5.74, 6) is -0.678. The Bertz CT molecular complexity index is 1270. The molecule has 2 fully saturated rings. The van der Waals surface area contributed by atoms with Gasteiger partial charge in [-0.1, -0.05) is 19.3 Å². The molecule has 210 valence electrons. The highest BCUT2D eigenvalue weighted by Crippen LogP contribution is 2.33. The van der Waals surface area contributed by atoms with Crippen LogP contribution in [0.4, 0.5) is 8.78 Å². The number of methoxy groups -OCH3 is 1. The van der Waals surface area contributed by atoms with Gasteiger partial charge in [0.2, 0.25) is 0 Å². The topological polar surface area (TPSA) is 68.6 Å². The van der Waals surface area contributed by atoms with Gasteiger partial charge in [-0.05, 0) is 68.3 Å². The molecule has 2 aromatic carbocycles. The summed E-state index contributed by atoms with van der Waals surface area (Å²) in [6.45, 7) is 4.71. The van der Waals surface area contributed by atoms with E-state index in [0.29, 0.717) is 23.9 Å². The monoisotopic (exact) mass is 540 g/mol. The van der Waals surface area contributed by atoms with E-state index in [0.717, 1.165) is 68.7 Å². The molecule has 1 saturated heterocycles. The maximum atomic E-state index is 14.4. The lowest BCUT2D eigenvalue weighted by atomic mass is 9.89. The number of benzene rings is 2. The number of fused-ring (bicyclic) bond motifs is 1. The van der Waals surface area contributed by atoms with Gasteiger partial charge in [0.05, 0.1) is 23.9 Å². The molecule has 9 heteroatoms. The minimum Gasteiger partial charge on any atom is -0.453 e. The Morgan fingerprint density at radius 2 is 1.87 bits per heavy atom. The summed E-state index contributed by atoms with van der Waals surface area (Å²) in [7, 11) is 1.73. The van der Waals surface area contributed by atoms with Crippen molar-refractivity contribution in [2.45, 2.75) is 51.5 Å². The predicted molar refractivity (Wildman–Crippen MR) is 146 cm³/mol. The van der Waals surface area contributed by atoms with E-state index in [9.17, 15) is 13.6 Å². The summed E-state index contributed by atoms with van der Waals surface area (Å²) in [5.41, 5.74) is 1.14. The van der Waals surface area contributed by atoms with Gasteiger partial charge < -0.3 is 19.7 Å². The molecule has 1 aliphatic heterocycles. The Hall–Kier alpha value is -3.04. The lowest BCUT2D eigenvalue weighted by Crippen LogP contribution is -2.41. The summed E-state index contributed by atoms with van der Waals surface area (Å²) < 4.78 is 41.1. The van der Waals surface area contributed by atoms with Crippen LogP contribution in [0.25, 0.3) is 10.9 Å². The maximum Gasteiger partial charge on any atom is 0.255 e. The molecule has 1 atom stereocenters. The van der Waals surface area contributed by atoms with Crippen LogP contribution < -0.4 is 10.1 Å². The predicted octanol–water partition coefficient (Wildman–Crippen LogP) is 5.78. The number of carbonyl (C=O) groups is 1. The molecule has 3 aromatic rings. The van der Waals surface area contributed by atoms with E-state index in [2.05, 4.69) is 15.3 Å². The number of rotatable bonds is 10. The van der Waals surface area contributed by atoms with Gasteiger partial charge in [-0.25, -0.2) is 8.78 Å². The molecule has 1 aromatic heterocycles. The van der Waals surface area contributed by atoms with Gasteiger partial charge in [-0.3, -0.25) is 9.48 Å². The van der Waals surface area contributed by atoms with Gasteiger partial charge in [0.25, 0.3) is 5.91 Å². The average Bonchev–Trinajstić information content (AvgIpc) is 3.32. The molecule has 1 aliphatic carbocycles. The first-order valence-corrected chi connectivity index (χ1v) is 14.1. The van der Waals surface area contributed by atoms with Crippen molar-refractivity contribution in [2.75, 3.05) is 39.9 Å². The van der Waals surface area contributed by atoms with Crippen LogP contribution in [-0.2, 0) is 11.3 Å². The fourth-order valence-electron chi connectivity index (χ4n) is 5.95. The van der Waals surface area contributed by atoms with Crippen molar-refractivity contribution in [3.63, 3.8) is 0 Å². The number of amides is 1. The molecule has 1 amide bonds. The number of hydrogen-bond acceptors (Lipinski definition) is 5. The molecule has 0 radical (unpaired) electrons. The summed E-state index contributed by atoms with van der Waals surface area (Å²) in [5, 5.41) is 8.43. The van der Waals surface area contributed by atoms with E-state index in [-0.39, 0.29) is 17.4 Å². The smallest absolute Gasteiger partial charge is 0.255 e. The number of halogens is 2. The highest BCUT2D eigenvalue weighted by atomic mass is 19.1. The van der Waals surface area contributed by atoms with Gasteiger partial charge in [-0.2, -0.15) is 5.10 Å². The summed E-state index contributed by atoms with van der Waals surface area (Å²) >= 11 is 0. The zero-order chi connectivity index (χ0) is 27.2. The Balaban J connectivity index is 1.36. The lowest BCUT2D eigenvalue weighted by molar-refractivity contribution is 0.0866. The third kappa shape index (κ3) is 6.94. The molecule has 1 N–H and O–H groups in total. The first-order valence-electron chi connectivity index (χ1n) is 14.1. The SMILES string of the molecule is COCC1CCCN(CCNC(=O)c2cc3c(cnn3CC3CCCCC3)cc2Oc2ccc(F)cc2F)C1. The molecule has 0 bridgehead atoms. The lowest BCUT2D eigenvalue weighted by Gasteiger charge is -2.32. The van der Waals surface area contributed by atoms with Gasteiger partial charge >= 0.3 is 0 Å². The number of hydrogen-bond donors (Lipinski definition) is 1. The molecular formula is C30H38F2N4O3. The van der Waals surface area contributed by atoms with E-state index in [4.69, 9.17) is 9.47 Å². The third-order valence-electron chi connectivity index (χ3n) is 7.98. The third-order valence-corrected chi connectivity index (χ3v) is 7.98. The fourth-order valence-corrected chi connectivity index (χ4v) is 5.95. The number of ether oxygens (including phenoxy) is 2. The van der Waals surface area contributed by atoms with Crippen molar-refractivity contribution < 1.29 is 23.0 Å². The second-order valence-corrected chi connectivity index (χ2v) is 10.9. The largest absolute Gasteiger partial charge is 0.453 e. The molecule has 2 aliphatic rings. The molecule has 1 unspecified atom stereocenters. The molecule has 0 spiro atoms. The standard InChI is InChI=1S/C30H38F2N4O3/c1-38-20-22-8-5-12-35(18-22)13-11-33-30(37)25-16-27-23(17-34-36(27)19-21-6-3-2-4-7-21)14-29(25)39-28-10-9-24(31)15-26(28)32/h9-10,14-17,21-22H,2-8,11-13,18-20H2,1H3,(H,33,37). The molecule has 2 heterocycles. The van der Waals surface area contributed by atoms with Crippen molar-refractivity contribution in [1.82, 2.24) is 20.0 Å².